The number of nitrogens with zero attached hydrogens (tertiary/aromatic N) is 4. The number of nitrogens with one attached hydrogen (secondary N) is 3. The highest BCUT2D eigenvalue weighted by atomic mass is 19.1. The number of piperazine rings is 1. The third-order valence-electron chi connectivity index (χ3n) is 9.89. The molecule has 1 saturated heterocycles. The van der Waals surface area contributed by atoms with E-state index in [4.69, 9.17) is 4.74 Å². The van der Waals surface area contributed by atoms with E-state index in [1.54, 1.807) is 23.1 Å². The molecule has 4 N–H and O–H groups in total. The van der Waals surface area contributed by atoms with E-state index in [2.05, 4.69) is 44.7 Å². The van der Waals surface area contributed by atoms with Gasteiger partial charge in [0.25, 0.3) is 5.91 Å². The molecule has 1 unspecified atom stereocenters. The lowest BCUT2D eigenvalue weighted by Gasteiger charge is -2.36. The Hall–Kier alpha value is -5.14. The van der Waals surface area contributed by atoms with Crippen LogP contribution in [0.25, 0.3) is 11.1 Å². The number of ether oxygens (including phenoxy) is 1. The number of rotatable bonds is 9. The number of halogens is 2. The quantitative estimate of drug-likeness (QED) is 0.239. The first kappa shape index (κ1) is 35.3. The van der Waals surface area contributed by atoms with Crippen molar-refractivity contribution in [2.75, 3.05) is 19.6 Å². The number of phenolic OH excluding ortho intramolecular Hbond substituents is 1. The summed E-state index contributed by atoms with van der Waals surface area (Å²) in [5.74, 6) is -0.560. The number of carbonyl (C=O) groups excluding carboxylic acids is 2. The minimum atomic E-state index is -0.664. The molecule has 0 spiro atoms. The van der Waals surface area contributed by atoms with E-state index < -0.39 is 17.8 Å². The lowest BCUT2D eigenvalue weighted by atomic mass is 9.90. The van der Waals surface area contributed by atoms with Gasteiger partial charge in [0.1, 0.15) is 40.6 Å². The summed E-state index contributed by atoms with van der Waals surface area (Å²) < 4.78 is 34.1. The lowest BCUT2D eigenvalue weighted by molar-refractivity contribution is -0.123. The summed E-state index contributed by atoms with van der Waals surface area (Å²) >= 11 is 0. The van der Waals surface area contributed by atoms with E-state index in [1.807, 2.05) is 30.3 Å². The van der Waals surface area contributed by atoms with Crippen molar-refractivity contribution in [3.63, 3.8) is 0 Å². The molecule has 1 aliphatic carbocycles. The summed E-state index contributed by atoms with van der Waals surface area (Å²) in [7, 11) is 0. The summed E-state index contributed by atoms with van der Waals surface area (Å²) in [4.78, 5) is 38.8. The second kappa shape index (κ2) is 15.2. The Kier molecular flexibility index (Phi) is 10.3. The van der Waals surface area contributed by atoms with E-state index >= 15 is 0 Å². The van der Waals surface area contributed by atoms with E-state index in [0.717, 1.165) is 42.0 Å². The van der Waals surface area contributed by atoms with Crippen LogP contribution in [-0.4, -0.2) is 87.4 Å². The Labute approximate surface area is 301 Å². The maximum atomic E-state index is 14.4. The average molecular weight is 712 g/mol. The van der Waals surface area contributed by atoms with E-state index in [0.29, 0.717) is 55.9 Å². The second-order valence-electron chi connectivity index (χ2n) is 14.2. The highest BCUT2D eigenvalue weighted by Crippen LogP contribution is 2.32. The lowest BCUT2D eigenvalue weighted by Crippen LogP contribution is -2.53. The van der Waals surface area contributed by atoms with Gasteiger partial charge in [0.2, 0.25) is 11.8 Å². The zero-order chi connectivity index (χ0) is 36.4. The van der Waals surface area contributed by atoms with Crippen LogP contribution >= 0.6 is 0 Å². The Morgan fingerprint density at radius 2 is 1.67 bits per heavy atom. The van der Waals surface area contributed by atoms with Crippen LogP contribution in [-0.2, 0) is 11.3 Å². The van der Waals surface area contributed by atoms with Gasteiger partial charge < -0.3 is 30.7 Å². The Morgan fingerprint density at radius 1 is 0.942 bits per heavy atom. The van der Waals surface area contributed by atoms with Gasteiger partial charge in [-0.15, -0.1) is 0 Å². The van der Waals surface area contributed by atoms with Crippen molar-refractivity contribution in [3.8, 4) is 28.5 Å². The van der Waals surface area contributed by atoms with Gasteiger partial charge in [-0.05, 0) is 93.1 Å². The number of amides is 2. The van der Waals surface area contributed by atoms with E-state index in [9.17, 15) is 23.5 Å². The number of aromatic nitrogens is 1. The van der Waals surface area contributed by atoms with Crippen molar-refractivity contribution < 1.29 is 28.2 Å². The minimum Gasteiger partial charge on any atom is -0.508 e. The second-order valence-corrected chi connectivity index (χ2v) is 14.2. The number of aromatic hydroxyl groups is 1. The molecule has 1 aromatic heterocycles. The van der Waals surface area contributed by atoms with Gasteiger partial charge in [-0.3, -0.25) is 19.5 Å². The molecule has 0 radical (unpaired) electrons. The van der Waals surface area contributed by atoms with Crippen molar-refractivity contribution in [3.05, 3.63) is 95.9 Å². The first-order valence-corrected chi connectivity index (χ1v) is 17.8. The molecular formula is C39H43F2N7O4. The fraction of sp³-hybridized carbons (Fsp3) is 0.385. The monoisotopic (exact) mass is 711 g/mol. The zero-order valence-corrected chi connectivity index (χ0v) is 29.2. The fourth-order valence-corrected chi connectivity index (χ4v) is 7.47. The molecule has 3 atom stereocenters. The van der Waals surface area contributed by atoms with Crippen LogP contribution in [0, 0.1) is 5.82 Å². The van der Waals surface area contributed by atoms with Crippen LogP contribution in [0.1, 0.15) is 55.5 Å². The third kappa shape index (κ3) is 8.32. The summed E-state index contributed by atoms with van der Waals surface area (Å²) in [5.41, 5.74) is 2.54. The number of hydrogen-bond acceptors (Lipinski definition) is 9. The highest BCUT2D eigenvalue weighted by molar-refractivity contribution is 6.00. The molecule has 52 heavy (non-hydrogen) atoms. The van der Waals surface area contributed by atoms with Gasteiger partial charge >= 0.3 is 0 Å². The highest BCUT2D eigenvalue weighted by Gasteiger charge is 2.32. The van der Waals surface area contributed by atoms with Crippen molar-refractivity contribution >= 4 is 17.6 Å². The molecule has 3 aromatic rings. The molecule has 2 fully saturated rings. The maximum absolute atomic E-state index is 14.4. The summed E-state index contributed by atoms with van der Waals surface area (Å²) in [5, 5.41) is 20.2. The molecule has 272 valence electrons. The number of amidine groups is 1. The largest absolute Gasteiger partial charge is 0.508 e. The number of carbonyl (C=O) groups is 2. The summed E-state index contributed by atoms with van der Waals surface area (Å²) in [6.07, 6.45) is 7.73. The predicted molar refractivity (Wildman–Crippen MR) is 193 cm³/mol. The fourth-order valence-electron chi connectivity index (χ4n) is 7.47. The number of phenols is 1. The number of allylic oxidation sites excluding steroid dienone is 2. The topological polar surface area (TPSA) is 131 Å². The normalized spacial score (nSPS) is 24.5. The molecule has 2 amide bonds. The number of hydrogen-bond donors (Lipinski definition) is 4. The number of benzene rings is 2. The third-order valence-corrected chi connectivity index (χ3v) is 9.89. The molecule has 4 heterocycles. The van der Waals surface area contributed by atoms with Gasteiger partial charge in [-0.25, -0.2) is 13.8 Å². The van der Waals surface area contributed by atoms with Crippen LogP contribution in [0.2, 0.25) is 0 Å². The maximum Gasteiger partial charge on any atom is 0.257 e. The number of aliphatic imine (C=N–C) groups is 1. The van der Waals surface area contributed by atoms with Gasteiger partial charge in [0.05, 0.1) is 12.7 Å². The Balaban J connectivity index is 0.962. The standard InChI is InChI=1S/C39H43F2N7O4/c1-23-18-47(19-24(2)43-23)20-27-14-26(6-12-35(27)49)25-4-3-5-32(15-25)52-39-33(16-29(41)17-42-39)37(50)44-30-8-10-31(11-9-30)45-38(51)34-22-48-21-28(40)7-13-36(48)46-34/h3-7,12-17,21,23-24,30-31,34,43,49H,8-11,18-20,22H2,1-2H3,(H,44,50)(H,45,51)/t23-,24+,30?,31?,34?. The first-order valence-electron chi connectivity index (χ1n) is 17.8. The molecule has 7 rings (SSSR count). The smallest absolute Gasteiger partial charge is 0.257 e. The molecule has 3 aliphatic heterocycles. The molecule has 2 aromatic carbocycles. The molecular weight excluding hydrogens is 668 g/mol. The van der Waals surface area contributed by atoms with Gasteiger partial charge in [0.15, 0.2) is 0 Å². The van der Waals surface area contributed by atoms with Crippen molar-refractivity contribution in [1.82, 2.24) is 30.7 Å². The zero-order valence-electron chi connectivity index (χ0n) is 29.2. The van der Waals surface area contributed by atoms with Gasteiger partial charge in [-0.1, -0.05) is 18.2 Å². The van der Waals surface area contributed by atoms with Crippen LogP contribution in [0.15, 0.2) is 83.9 Å². The molecule has 0 bridgehead atoms. The Bertz CT molecular complexity index is 1920. The van der Waals surface area contributed by atoms with Crippen LogP contribution in [0.5, 0.6) is 17.4 Å². The molecule has 13 heteroatoms. The number of fused-ring (bicyclic) bond motifs is 1. The summed E-state index contributed by atoms with van der Waals surface area (Å²) in [6, 6.07) is 13.8. The van der Waals surface area contributed by atoms with Crippen LogP contribution < -0.4 is 20.7 Å². The van der Waals surface area contributed by atoms with Crippen molar-refractivity contribution in [2.24, 2.45) is 4.99 Å². The molecule has 11 nitrogen and oxygen atoms in total. The molecule has 4 aliphatic rings. The van der Waals surface area contributed by atoms with E-state index in [1.165, 1.54) is 12.3 Å². The van der Waals surface area contributed by atoms with E-state index in [-0.39, 0.29) is 47.6 Å². The van der Waals surface area contributed by atoms with Crippen molar-refractivity contribution in [1.29, 1.82) is 0 Å². The predicted octanol–water partition coefficient (Wildman–Crippen LogP) is 5.19. The van der Waals surface area contributed by atoms with Gasteiger partial charge in [-0.2, -0.15) is 0 Å². The van der Waals surface area contributed by atoms with Crippen molar-refractivity contribution in [2.45, 2.75) is 76.3 Å². The molecule has 1 saturated carbocycles. The summed E-state index contributed by atoms with van der Waals surface area (Å²) in [6.45, 7) is 6.99. The first-order chi connectivity index (χ1) is 25.1. The Morgan fingerprint density at radius 3 is 2.44 bits per heavy atom. The SMILES string of the molecule is C[C@@H]1CN(Cc2cc(-c3cccc(Oc4ncc(F)cc4C(=O)NC4CCC(NC(=O)C5CN6C=C(F)C=CC6=N5)CC4)c3)ccc2O)C[C@H](C)N1. The minimum absolute atomic E-state index is 0.0237. The van der Waals surface area contributed by atoms with Gasteiger partial charge in [0, 0.05) is 55.6 Å². The number of pyridine rings is 1. The van der Waals surface area contributed by atoms with Crippen LogP contribution in [0.4, 0.5) is 8.78 Å². The average Bonchev–Trinajstić information content (AvgIpc) is 3.54. The van der Waals surface area contributed by atoms with Crippen LogP contribution in [0.3, 0.4) is 0 Å².